The minimum atomic E-state index is -0.0574. The van der Waals surface area contributed by atoms with Gasteiger partial charge in [0.1, 0.15) is 0 Å². The Kier molecular flexibility index (Phi) is 5.72. The molecule has 2 heterocycles. The van der Waals surface area contributed by atoms with E-state index in [4.69, 9.17) is 14.7 Å². The van der Waals surface area contributed by atoms with E-state index in [9.17, 15) is 4.79 Å². The van der Waals surface area contributed by atoms with Crippen LogP contribution in [-0.4, -0.2) is 49.8 Å². The van der Waals surface area contributed by atoms with Crippen LogP contribution in [0.25, 0.3) is 0 Å². The van der Waals surface area contributed by atoms with Gasteiger partial charge in [-0.3, -0.25) is 4.79 Å². The highest BCUT2D eigenvalue weighted by atomic mass is 16.5. The summed E-state index contributed by atoms with van der Waals surface area (Å²) in [6, 6.07) is 8.95. The SMILES string of the molecule is COCCC1CCOC2(CCN(C(=O)c3ccc(C#N)cc3)CC2)C1. The van der Waals surface area contributed by atoms with Crippen molar-refractivity contribution >= 4 is 5.91 Å². The molecule has 1 atom stereocenters. The lowest BCUT2D eigenvalue weighted by molar-refractivity contribution is -0.125. The van der Waals surface area contributed by atoms with Crippen molar-refractivity contribution in [1.29, 1.82) is 5.26 Å². The van der Waals surface area contributed by atoms with Crippen LogP contribution >= 0.6 is 0 Å². The van der Waals surface area contributed by atoms with Crippen LogP contribution in [0.3, 0.4) is 0 Å². The standard InChI is InChI=1S/C20H26N2O3/c1-24-12-6-16-7-13-25-20(14-16)8-10-22(11-9-20)19(23)18-4-2-17(15-21)3-5-18/h2-5,16H,6-14H2,1H3. The molecule has 0 N–H and O–H groups in total. The maximum atomic E-state index is 12.7. The lowest BCUT2D eigenvalue weighted by Gasteiger charge is -2.46. The molecule has 1 aromatic carbocycles. The van der Waals surface area contributed by atoms with Crippen molar-refractivity contribution in [3.8, 4) is 6.07 Å². The summed E-state index contributed by atoms with van der Waals surface area (Å²) in [5.74, 6) is 0.709. The lowest BCUT2D eigenvalue weighted by atomic mass is 9.78. The van der Waals surface area contributed by atoms with Crippen LogP contribution in [0.15, 0.2) is 24.3 Å². The number of amides is 1. The molecule has 134 valence electrons. The van der Waals surface area contributed by atoms with Crippen molar-refractivity contribution in [1.82, 2.24) is 4.90 Å². The first kappa shape index (κ1) is 17.9. The highest BCUT2D eigenvalue weighted by Gasteiger charge is 2.41. The normalized spacial score (nSPS) is 22.6. The first-order valence-electron chi connectivity index (χ1n) is 9.08. The third-order valence-electron chi connectivity index (χ3n) is 5.55. The molecule has 1 aromatic rings. The van der Waals surface area contributed by atoms with Crippen LogP contribution in [0.1, 0.15) is 48.0 Å². The number of carbonyl (C=O) groups excluding carboxylic acids is 1. The van der Waals surface area contributed by atoms with Crippen molar-refractivity contribution in [2.75, 3.05) is 33.4 Å². The number of piperidine rings is 1. The molecule has 5 heteroatoms. The lowest BCUT2D eigenvalue weighted by Crippen LogP contribution is -2.50. The Hall–Kier alpha value is -1.90. The molecule has 1 unspecified atom stereocenters. The monoisotopic (exact) mass is 342 g/mol. The number of hydrogen-bond acceptors (Lipinski definition) is 4. The van der Waals surface area contributed by atoms with Crippen molar-refractivity contribution in [2.24, 2.45) is 5.92 Å². The smallest absolute Gasteiger partial charge is 0.253 e. The van der Waals surface area contributed by atoms with Gasteiger partial charge in [-0.2, -0.15) is 5.26 Å². The molecule has 5 nitrogen and oxygen atoms in total. The summed E-state index contributed by atoms with van der Waals surface area (Å²) in [6.07, 6.45) is 5.08. The molecule has 0 aliphatic carbocycles. The molecule has 0 aromatic heterocycles. The van der Waals surface area contributed by atoms with Crippen molar-refractivity contribution in [3.63, 3.8) is 0 Å². The first-order valence-corrected chi connectivity index (χ1v) is 9.08. The molecule has 1 amide bonds. The summed E-state index contributed by atoms with van der Waals surface area (Å²) in [5, 5.41) is 8.86. The number of rotatable bonds is 4. The molecule has 2 fully saturated rings. The molecule has 2 saturated heterocycles. The van der Waals surface area contributed by atoms with Crippen LogP contribution in [0.2, 0.25) is 0 Å². The van der Waals surface area contributed by atoms with E-state index in [1.165, 1.54) is 0 Å². The topological polar surface area (TPSA) is 62.6 Å². The first-order chi connectivity index (χ1) is 12.2. The minimum Gasteiger partial charge on any atom is -0.385 e. The van der Waals surface area contributed by atoms with Gasteiger partial charge in [0.15, 0.2) is 0 Å². The van der Waals surface area contributed by atoms with Gasteiger partial charge < -0.3 is 14.4 Å². The minimum absolute atomic E-state index is 0.0473. The van der Waals surface area contributed by atoms with Gasteiger partial charge in [0.2, 0.25) is 0 Å². The van der Waals surface area contributed by atoms with Crippen LogP contribution in [-0.2, 0) is 9.47 Å². The largest absolute Gasteiger partial charge is 0.385 e. The molecule has 2 aliphatic heterocycles. The van der Waals surface area contributed by atoms with Gasteiger partial charge in [-0.05, 0) is 62.3 Å². The highest BCUT2D eigenvalue weighted by molar-refractivity contribution is 5.94. The van der Waals surface area contributed by atoms with E-state index in [2.05, 4.69) is 6.07 Å². The van der Waals surface area contributed by atoms with E-state index in [0.717, 1.165) is 58.4 Å². The van der Waals surface area contributed by atoms with Gasteiger partial charge in [0.05, 0.1) is 17.2 Å². The van der Waals surface area contributed by atoms with E-state index in [1.54, 1.807) is 31.4 Å². The van der Waals surface area contributed by atoms with E-state index < -0.39 is 0 Å². The number of carbonyl (C=O) groups is 1. The van der Waals surface area contributed by atoms with Crippen LogP contribution in [0, 0.1) is 17.2 Å². The second-order valence-electron chi connectivity index (χ2n) is 7.15. The summed E-state index contributed by atoms with van der Waals surface area (Å²) in [6.45, 7) is 3.09. The predicted molar refractivity (Wildman–Crippen MR) is 94.2 cm³/mol. The summed E-state index contributed by atoms with van der Waals surface area (Å²) < 4.78 is 11.4. The molecular formula is C20H26N2O3. The fourth-order valence-corrected chi connectivity index (χ4v) is 4.00. The molecule has 1 spiro atoms. The fourth-order valence-electron chi connectivity index (χ4n) is 4.00. The van der Waals surface area contributed by atoms with Crippen molar-refractivity contribution in [3.05, 3.63) is 35.4 Å². The van der Waals surface area contributed by atoms with Gasteiger partial charge in [-0.15, -0.1) is 0 Å². The van der Waals surface area contributed by atoms with E-state index in [1.807, 2.05) is 4.90 Å². The average molecular weight is 342 g/mol. The van der Waals surface area contributed by atoms with E-state index in [-0.39, 0.29) is 11.5 Å². The van der Waals surface area contributed by atoms with Gasteiger partial charge in [0, 0.05) is 39.0 Å². The third kappa shape index (κ3) is 4.20. The maximum Gasteiger partial charge on any atom is 0.253 e. The van der Waals surface area contributed by atoms with Crippen molar-refractivity contribution in [2.45, 2.75) is 37.7 Å². The number of methoxy groups -OCH3 is 1. The number of likely N-dealkylation sites (tertiary alicyclic amines) is 1. The summed E-state index contributed by atoms with van der Waals surface area (Å²) in [7, 11) is 1.75. The molecular weight excluding hydrogens is 316 g/mol. The Labute approximate surface area is 149 Å². The maximum absolute atomic E-state index is 12.7. The number of ether oxygens (including phenoxy) is 2. The fraction of sp³-hybridized carbons (Fsp3) is 0.600. The Balaban J connectivity index is 1.57. The summed E-state index contributed by atoms with van der Waals surface area (Å²) in [5.41, 5.74) is 1.17. The second kappa shape index (κ2) is 7.99. The zero-order chi connectivity index (χ0) is 17.7. The molecule has 0 saturated carbocycles. The molecule has 25 heavy (non-hydrogen) atoms. The molecule has 2 aliphatic rings. The molecule has 0 bridgehead atoms. The number of nitriles is 1. The molecule has 0 radical (unpaired) electrons. The van der Waals surface area contributed by atoms with Crippen molar-refractivity contribution < 1.29 is 14.3 Å². The predicted octanol–water partition coefficient (Wildman–Crippen LogP) is 3.00. The highest BCUT2D eigenvalue weighted by Crippen LogP contribution is 2.39. The third-order valence-corrected chi connectivity index (χ3v) is 5.55. The van der Waals surface area contributed by atoms with Crippen LogP contribution in [0.4, 0.5) is 0 Å². The average Bonchev–Trinajstić information content (AvgIpc) is 2.67. The van der Waals surface area contributed by atoms with E-state index in [0.29, 0.717) is 17.0 Å². The van der Waals surface area contributed by atoms with Crippen LogP contribution in [0.5, 0.6) is 0 Å². The summed E-state index contributed by atoms with van der Waals surface area (Å²) in [4.78, 5) is 14.6. The van der Waals surface area contributed by atoms with E-state index >= 15 is 0 Å². The van der Waals surface area contributed by atoms with Gasteiger partial charge in [0.25, 0.3) is 5.91 Å². The Bertz CT molecular complexity index is 627. The Morgan fingerprint density at radius 3 is 2.72 bits per heavy atom. The summed E-state index contributed by atoms with van der Waals surface area (Å²) >= 11 is 0. The van der Waals surface area contributed by atoms with Gasteiger partial charge in [-0.25, -0.2) is 0 Å². The van der Waals surface area contributed by atoms with Gasteiger partial charge >= 0.3 is 0 Å². The van der Waals surface area contributed by atoms with Gasteiger partial charge in [-0.1, -0.05) is 0 Å². The number of nitrogens with zero attached hydrogens (tertiary/aromatic N) is 2. The number of hydrogen-bond donors (Lipinski definition) is 0. The number of benzene rings is 1. The zero-order valence-corrected chi connectivity index (χ0v) is 14.9. The molecule has 3 rings (SSSR count). The van der Waals surface area contributed by atoms with Crippen LogP contribution < -0.4 is 0 Å². The quantitative estimate of drug-likeness (QED) is 0.844. The Morgan fingerprint density at radius 1 is 1.36 bits per heavy atom. The Morgan fingerprint density at radius 2 is 2.08 bits per heavy atom. The second-order valence-corrected chi connectivity index (χ2v) is 7.15. The zero-order valence-electron chi connectivity index (χ0n) is 14.9.